The molecule has 20 heavy (non-hydrogen) atoms. The zero-order chi connectivity index (χ0) is 14.5. The van der Waals surface area contributed by atoms with Gasteiger partial charge in [0.15, 0.2) is 0 Å². The Balaban J connectivity index is 1.92. The quantitative estimate of drug-likeness (QED) is 0.786. The summed E-state index contributed by atoms with van der Waals surface area (Å²) in [7, 11) is 1.92. The summed E-state index contributed by atoms with van der Waals surface area (Å²) in [5.74, 6) is 0.942. The van der Waals surface area contributed by atoms with Gasteiger partial charge in [-0.3, -0.25) is 4.79 Å². The van der Waals surface area contributed by atoms with Crippen LogP contribution in [0.2, 0.25) is 0 Å². The number of aliphatic hydroxyl groups is 1. The first-order valence-corrected chi connectivity index (χ1v) is 7.52. The monoisotopic (exact) mass is 279 g/mol. The molecular formula is C15H25N3O2. The number of nitrogens with zero attached hydrogens (tertiary/aromatic N) is 3. The maximum atomic E-state index is 12.5. The van der Waals surface area contributed by atoms with Crippen LogP contribution < -0.4 is 0 Å². The van der Waals surface area contributed by atoms with Crippen LogP contribution in [-0.4, -0.2) is 38.6 Å². The summed E-state index contributed by atoms with van der Waals surface area (Å²) in [4.78, 5) is 18.3. The number of amides is 1. The van der Waals surface area contributed by atoms with Crippen molar-refractivity contribution < 1.29 is 9.90 Å². The molecule has 2 atom stereocenters. The molecule has 2 rings (SSSR count). The van der Waals surface area contributed by atoms with E-state index in [4.69, 9.17) is 0 Å². The predicted octanol–water partition coefficient (Wildman–Crippen LogP) is 1.57. The molecule has 5 nitrogen and oxygen atoms in total. The predicted molar refractivity (Wildman–Crippen MR) is 76.8 cm³/mol. The van der Waals surface area contributed by atoms with E-state index in [1.165, 1.54) is 12.8 Å². The number of hydrogen-bond acceptors (Lipinski definition) is 3. The van der Waals surface area contributed by atoms with Crippen molar-refractivity contribution in [3.05, 3.63) is 18.2 Å². The van der Waals surface area contributed by atoms with E-state index in [1.54, 1.807) is 17.4 Å². The Hall–Kier alpha value is -1.36. The summed E-state index contributed by atoms with van der Waals surface area (Å²) >= 11 is 0. The van der Waals surface area contributed by atoms with Crippen molar-refractivity contribution in [2.45, 2.75) is 39.2 Å². The van der Waals surface area contributed by atoms with Crippen molar-refractivity contribution in [2.24, 2.45) is 18.9 Å². The maximum absolute atomic E-state index is 12.5. The maximum Gasteiger partial charge on any atom is 0.226 e. The van der Waals surface area contributed by atoms with Gasteiger partial charge in [-0.1, -0.05) is 19.8 Å². The van der Waals surface area contributed by atoms with Crippen molar-refractivity contribution in [3.63, 3.8) is 0 Å². The average Bonchev–Trinajstić information content (AvgIpc) is 3.11. The molecule has 0 aliphatic heterocycles. The molecule has 1 aromatic heterocycles. The topological polar surface area (TPSA) is 58.4 Å². The smallest absolute Gasteiger partial charge is 0.226 e. The van der Waals surface area contributed by atoms with Gasteiger partial charge in [0.2, 0.25) is 5.91 Å². The van der Waals surface area contributed by atoms with Crippen molar-refractivity contribution >= 4 is 5.91 Å². The second kappa shape index (κ2) is 6.88. The Kier molecular flexibility index (Phi) is 5.17. The highest BCUT2D eigenvalue weighted by Crippen LogP contribution is 2.43. The van der Waals surface area contributed by atoms with E-state index in [0.29, 0.717) is 19.0 Å². The number of hydrogen-bond donors (Lipinski definition) is 1. The van der Waals surface area contributed by atoms with Crippen LogP contribution in [-0.2, 0) is 18.4 Å². The van der Waals surface area contributed by atoms with E-state index in [-0.39, 0.29) is 18.4 Å². The van der Waals surface area contributed by atoms with Crippen LogP contribution in [0.15, 0.2) is 12.5 Å². The average molecular weight is 279 g/mol. The first-order chi connectivity index (χ1) is 9.67. The number of carbonyl (C=O) groups is 1. The highest BCUT2D eigenvalue weighted by molar-refractivity contribution is 5.81. The van der Waals surface area contributed by atoms with E-state index in [9.17, 15) is 9.90 Å². The Bertz CT molecular complexity index is 444. The molecule has 1 amide bonds. The Morgan fingerprint density at radius 2 is 2.40 bits per heavy atom. The molecule has 0 aromatic carbocycles. The second-order valence-electron chi connectivity index (χ2n) is 5.72. The lowest BCUT2D eigenvalue weighted by molar-refractivity contribution is -0.134. The zero-order valence-electron chi connectivity index (χ0n) is 12.5. The van der Waals surface area contributed by atoms with Crippen LogP contribution >= 0.6 is 0 Å². The normalized spacial score (nSPS) is 20.9. The van der Waals surface area contributed by atoms with Crippen molar-refractivity contribution in [2.75, 3.05) is 13.2 Å². The van der Waals surface area contributed by atoms with E-state index in [0.717, 1.165) is 18.5 Å². The van der Waals surface area contributed by atoms with Gasteiger partial charge in [0.25, 0.3) is 0 Å². The molecule has 0 unspecified atom stereocenters. The van der Waals surface area contributed by atoms with Gasteiger partial charge in [-0.05, 0) is 18.8 Å². The third kappa shape index (κ3) is 3.60. The fraction of sp³-hybridized carbons (Fsp3) is 0.733. The molecule has 1 aromatic rings. The van der Waals surface area contributed by atoms with Crippen LogP contribution in [0.25, 0.3) is 0 Å². The number of rotatable bonds is 8. The van der Waals surface area contributed by atoms with Gasteiger partial charge >= 0.3 is 0 Å². The molecule has 0 spiro atoms. The largest absolute Gasteiger partial charge is 0.395 e. The Morgan fingerprint density at radius 1 is 1.60 bits per heavy atom. The van der Waals surface area contributed by atoms with E-state index >= 15 is 0 Å². The number of aliphatic hydroxyl groups excluding tert-OH is 1. The molecule has 1 aliphatic carbocycles. The van der Waals surface area contributed by atoms with Crippen LogP contribution in [0, 0.1) is 11.8 Å². The molecule has 0 radical (unpaired) electrons. The molecule has 0 saturated heterocycles. The summed E-state index contributed by atoms with van der Waals surface area (Å²) in [6.45, 7) is 3.13. The van der Waals surface area contributed by atoms with Gasteiger partial charge in [0, 0.05) is 25.7 Å². The molecule has 5 heteroatoms. The fourth-order valence-corrected chi connectivity index (χ4v) is 2.69. The van der Waals surface area contributed by atoms with Gasteiger partial charge in [-0.25, -0.2) is 4.98 Å². The molecule has 1 aliphatic rings. The molecule has 1 heterocycles. The third-order valence-corrected chi connectivity index (χ3v) is 4.12. The van der Waals surface area contributed by atoms with Crippen molar-refractivity contribution in [1.82, 2.24) is 14.5 Å². The van der Waals surface area contributed by atoms with Crippen LogP contribution in [0.1, 0.15) is 38.3 Å². The number of unbranched alkanes of at least 4 members (excludes halogenated alkanes) is 1. The van der Waals surface area contributed by atoms with E-state index in [2.05, 4.69) is 11.9 Å². The number of aromatic nitrogens is 2. The minimum Gasteiger partial charge on any atom is -0.395 e. The lowest BCUT2D eigenvalue weighted by Gasteiger charge is -2.22. The van der Waals surface area contributed by atoms with Gasteiger partial charge in [-0.15, -0.1) is 0 Å². The summed E-state index contributed by atoms with van der Waals surface area (Å²) < 4.78 is 1.92. The summed E-state index contributed by atoms with van der Waals surface area (Å²) in [5.41, 5.74) is 0.998. The van der Waals surface area contributed by atoms with Gasteiger partial charge < -0.3 is 14.6 Å². The molecular weight excluding hydrogens is 254 g/mol. The second-order valence-corrected chi connectivity index (χ2v) is 5.72. The first-order valence-electron chi connectivity index (χ1n) is 7.52. The lowest BCUT2D eigenvalue weighted by atomic mass is 10.1. The van der Waals surface area contributed by atoms with Crippen LogP contribution in [0.4, 0.5) is 0 Å². The van der Waals surface area contributed by atoms with Crippen molar-refractivity contribution in [1.29, 1.82) is 0 Å². The van der Waals surface area contributed by atoms with E-state index < -0.39 is 0 Å². The third-order valence-electron chi connectivity index (χ3n) is 4.12. The summed E-state index contributed by atoms with van der Waals surface area (Å²) in [5, 5.41) is 9.18. The fourth-order valence-electron chi connectivity index (χ4n) is 2.69. The molecule has 1 saturated carbocycles. The minimum atomic E-state index is 0.00986. The van der Waals surface area contributed by atoms with Gasteiger partial charge in [0.1, 0.15) is 0 Å². The Morgan fingerprint density at radius 3 is 3.00 bits per heavy atom. The SMILES string of the molecule is CCCC[C@@H]1C[C@@H]1C(=O)N(CCO)Cc1cncn1C. The van der Waals surface area contributed by atoms with Crippen LogP contribution in [0.5, 0.6) is 0 Å². The zero-order valence-corrected chi connectivity index (χ0v) is 12.5. The summed E-state index contributed by atoms with van der Waals surface area (Å²) in [6.07, 6.45) is 8.08. The minimum absolute atomic E-state index is 0.00986. The first kappa shape index (κ1) is 15.0. The highest BCUT2D eigenvalue weighted by atomic mass is 16.3. The Labute approximate surface area is 120 Å². The molecule has 1 N–H and O–H groups in total. The molecule has 1 fully saturated rings. The number of imidazole rings is 1. The van der Waals surface area contributed by atoms with Gasteiger partial charge in [-0.2, -0.15) is 0 Å². The molecule has 112 valence electrons. The number of aryl methyl sites for hydroxylation is 1. The van der Waals surface area contributed by atoms with Gasteiger partial charge in [0.05, 0.1) is 25.2 Å². The summed E-state index contributed by atoms with van der Waals surface area (Å²) in [6, 6.07) is 0. The number of carbonyl (C=O) groups excluding carboxylic acids is 1. The lowest BCUT2D eigenvalue weighted by Crippen LogP contribution is -2.35. The molecule has 0 bridgehead atoms. The standard InChI is InChI=1S/C15H25N3O2/c1-3-4-5-12-8-14(12)15(20)18(6-7-19)10-13-9-16-11-17(13)2/h9,11-12,14,19H,3-8,10H2,1-2H3/t12-,14+/m1/s1. The van der Waals surface area contributed by atoms with Crippen LogP contribution in [0.3, 0.4) is 0 Å². The van der Waals surface area contributed by atoms with E-state index in [1.807, 2.05) is 11.6 Å². The van der Waals surface area contributed by atoms with Crippen molar-refractivity contribution in [3.8, 4) is 0 Å². The highest BCUT2D eigenvalue weighted by Gasteiger charge is 2.43.